The lowest BCUT2D eigenvalue weighted by Gasteiger charge is -2.20. The van der Waals surface area contributed by atoms with Crippen molar-refractivity contribution >= 4 is 5.71 Å². The normalized spacial score (nSPS) is 16.9. The highest BCUT2D eigenvalue weighted by Crippen LogP contribution is 2.29. The molecule has 1 aliphatic carbocycles. The fraction of sp³-hybridized carbons (Fsp3) is 0.462. The molecule has 0 saturated heterocycles. The molecule has 17 heavy (non-hydrogen) atoms. The molecule has 0 bridgehead atoms. The molecule has 0 unspecified atom stereocenters. The van der Waals surface area contributed by atoms with E-state index in [0.29, 0.717) is 13.0 Å². The zero-order valence-electron chi connectivity index (χ0n) is 9.72. The number of fused-ring (bicyclic) bond motifs is 1. The van der Waals surface area contributed by atoms with Gasteiger partial charge in [0.1, 0.15) is 5.75 Å². The Bertz CT molecular complexity index is 415. The fourth-order valence-electron chi connectivity index (χ4n) is 2.15. The molecule has 0 heterocycles. The second kappa shape index (κ2) is 5.68. The number of rotatable bonds is 4. The summed E-state index contributed by atoms with van der Waals surface area (Å²) >= 11 is 0. The van der Waals surface area contributed by atoms with E-state index in [9.17, 15) is 0 Å². The number of aliphatic hydroxyl groups is 1. The average molecular weight is 235 g/mol. The van der Waals surface area contributed by atoms with Crippen LogP contribution in [0.4, 0.5) is 0 Å². The molecular formula is C13H17NO3. The van der Waals surface area contributed by atoms with Crippen molar-refractivity contribution in [1.29, 1.82) is 0 Å². The van der Waals surface area contributed by atoms with Crippen LogP contribution in [-0.4, -0.2) is 29.2 Å². The van der Waals surface area contributed by atoms with Gasteiger partial charge in [-0.15, -0.1) is 0 Å². The number of ether oxygens (including phenoxy) is 1. The van der Waals surface area contributed by atoms with Gasteiger partial charge >= 0.3 is 0 Å². The van der Waals surface area contributed by atoms with E-state index in [2.05, 4.69) is 5.16 Å². The fourth-order valence-corrected chi connectivity index (χ4v) is 2.15. The van der Waals surface area contributed by atoms with Crippen LogP contribution in [0.5, 0.6) is 5.75 Å². The molecule has 0 amide bonds. The first-order valence-electron chi connectivity index (χ1n) is 5.93. The van der Waals surface area contributed by atoms with Crippen molar-refractivity contribution in [3.8, 4) is 5.75 Å². The van der Waals surface area contributed by atoms with E-state index < -0.39 is 0 Å². The number of oxime groups is 1. The monoisotopic (exact) mass is 235 g/mol. The first-order chi connectivity index (χ1) is 8.36. The van der Waals surface area contributed by atoms with Crippen LogP contribution < -0.4 is 4.74 Å². The SMILES string of the molecule is OCCCOc1cccc2c1CCCC2=NO. The topological polar surface area (TPSA) is 62.0 Å². The van der Waals surface area contributed by atoms with Crippen LogP contribution in [0.3, 0.4) is 0 Å². The maximum Gasteiger partial charge on any atom is 0.123 e. The Morgan fingerprint density at radius 3 is 2.94 bits per heavy atom. The Morgan fingerprint density at radius 1 is 1.29 bits per heavy atom. The van der Waals surface area contributed by atoms with E-state index in [4.69, 9.17) is 15.1 Å². The van der Waals surface area contributed by atoms with Gasteiger partial charge in [0.25, 0.3) is 0 Å². The summed E-state index contributed by atoms with van der Waals surface area (Å²) in [6.07, 6.45) is 3.37. The second-order valence-electron chi connectivity index (χ2n) is 4.11. The van der Waals surface area contributed by atoms with E-state index in [1.807, 2.05) is 18.2 Å². The van der Waals surface area contributed by atoms with Crippen molar-refractivity contribution in [2.75, 3.05) is 13.2 Å². The van der Waals surface area contributed by atoms with Crippen molar-refractivity contribution < 1.29 is 15.1 Å². The van der Waals surface area contributed by atoms with E-state index in [0.717, 1.165) is 41.9 Å². The van der Waals surface area contributed by atoms with Crippen LogP contribution in [-0.2, 0) is 6.42 Å². The van der Waals surface area contributed by atoms with Crippen molar-refractivity contribution in [2.24, 2.45) is 5.16 Å². The van der Waals surface area contributed by atoms with Crippen LogP contribution in [0.15, 0.2) is 23.4 Å². The summed E-state index contributed by atoms with van der Waals surface area (Å²) in [5, 5.41) is 21.0. The molecule has 0 atom stereocenters. The lowest BCUT2D eigenvalue weighted by Crippen LogP contribution is -2.14. The minimum atomic E-state index is 0.137. The maximum atomic E-state index is 8.96. The van der Waals surface area contributed by atoms with Gasteiger partial charge in [0.15, 0.2) is 0 Å². The van der Waals surface area contributed by atoms with E-state index in [1.165, 1.54) is 0 Å². The van der Waals surface area contributed by atoms with Crippen LogP contribution in [0.1, 0.15) is 30.4 Å². The predicted octanol–water partition coefficient (Wildman–Crippen LogP) is 1.96. The summed E-state index contributed by atoms with van der Waals surface area (Å²) in [7, 11) is 0. The molecule has 1 aromatic carbocycles. The molecule has 0 aromatic heterocycles. The summed E-state index contributed by atoms with van der Waals surface area (Å²) in [6, 6.07) is 5.79. The number of hydrogen-bond donors (Lipinski definition) is 2. The Labute approximate surface area is 101 Å². The minimum Gasteiger partial charge on any atom is -0.493 e. The van der Waals surface area contributed by atoms with Gasteiger partial charge in [0.2, 0.25) is 0 Å². The quantitative estimate of drug-likeness (QED) is 0.476. The first kappa shape index (κ1) is 11.9. The molecule has 2 rings (SSSR count). The lowest BCUT2D eigenvalue weighted by molar-refractivity contribution is 0.232. The summed E-state index contributed by atoms with van der Waals surface area (Å²) < 4.78 is 5.64. The van der Waals surface area contributed by atoms with Gasteiger partial charge in [-0.1, -0.05) is 17.3 Å². The Balaban J connectivity index is 2.23. The largest absolute Gasteiger partial charge is 0.493 e. The second-order valence-corrected chi connectivity index (χ2v) is 4.11. The van der Waals surface area contributed by atoms with E-state index in [1.54, 1.807) is 0 Å². The van der Waals surface area contributed by atoms with Gasteiger partial charge in [-0.3, -0.25) is 0 Å². The molecule has 4 heteroatoms. The summed E-state index contributed by atoms with van der Waals surface area (Å²) in [5.41, 5.74) is 2.84. The van der Waals surface area contributed by atoms with Crippen molar-refractivity contribution in [2.45, 2.75) is 25.7 Å². The minimum absolute atomic E-state index is 0.137. The van der Waals surface area contributed by atoms with E-state index >= 15 is 0 Å². The third-order valence-corrected chi connectivity index (χ3v) is 2.97. The maximum absolute atomic E-state index is 8.96. The third kappa shape index (κ3) is 2.58. The molecule has 4 nitrogen and oxygen atoms in total. The Kier molecular flexibility index (Phi) is 3.98. The standard InChI is InChI=1S/C13H17NO3/c15-8-3-9-17-13-7-2-4-10-11(13)5-1-6-12(10)14-16/h2,4,7,15-16H,1,3,5-6,8-9H2. The molecule has 92 valence electrons. The van der Waals surface area contributed by atoms with Crippen molar-refractivity contribution in [3.63, 3.8) is 0 Å². The number of nitrogens with zero attached hydrogens (tertiary/aromatic N) is 1. The van der Waals surface area contributed by atoms with Gasteiger partial charge in [0.05, 0.1) is 12.3 Å². The molecule has 0 saturated carbocycles. The highest BCUT2D eigenvalue weighted by atomic mass is 16.5. The molecule has 0 aliphatic heterocycles. The Hall–Kier alpha value is -1.55. The van der Waals surface area contributed by atoms with Crippen LogP contribution >= 0.6 is 0 Å². The summed E-state index contributed by atoms with van der Waals surface area (Å²) in [4.78, 5) is 0. The third-order valence-electron chi connectivity index (χ3n) is 2.97. The van der Waals surface area contributed by atoms with Gasteiger partial charge < -0.3 is 15.1 Å². The highest BCUT2D eigenvalue weighted by molar-refractivity contribution is 6.02. The lowest BCUT2D eigenvalue weighted by atomic mass is 9.89. The highest BCUT2D eigenvalue weighted by Gasteiger charge is 2.19. The number of hydrogen-bond acceptors (Lipinski definition) is 4. The summed E-state index contributed by atoms with van der Waals surface area (Å²) in [6.45, 7) is 0.650. The number of benzene rings is 1. The van der Waals surface area contributed by atoms with Gasteiger partial charge in [-0.25, -0.2) is 0 Å². The molecule has 1 aliphatic rings. The van der Waals surface area contributed by atoms with Crippen molar-refractivity contribution in [1.82, 2.24) is 0 Å². The molecular weight excluding hydrogens is 218 g/mol. The summed E-state index contributed by atoms with van der Waals surface area (Å²) in [5.74, 6) is 0.844. The van der Waals surface area contributed by atoms with Gasteiger partial charge in [-0.05, 0) is 25.3 Å². The average Bonchev–Trinajstić information content (AvgIpc) is 2.38. The van der Waals surface area contributed by atoms with Crippen molar-refractivity contribution in [3.05, 3.63) is 29.3 Å². The van der Waals surface area contributed by atoms with Gasteiger partial charge in [0, 0.05) is 24.2 Å². The van der Waals surface area contributed by atoms with Crippen LogP contribution in [0.25, 0.3) is 0 Å². The van der Waals surface area contributed by atoms with Crippen LogP contribution in [0, 0.1) is 0 Å². The zero-order valence-corrected chi connectivity index (χ0v) is 9.72. The van der Waals surface area contributed by atoms with Gasteiger partial charge in [-0.2, -0.15) is 0 Å². The molecule has 0 fully saturated rings. The van der Waals surface area contributed by atoms with E-state index in [-0.39, 0.29) is 6.61 Å². The smallest absolute Gasteiger partial charge is 0.123 e. The first-order valence-corrected chi connectivity index (χ1v) is 5.93. The molecule has 1 aromatic rings. The zero-order chi connectivity index (χ0) is 12.1. The Morgan fingerprint density at radius 2 is 2.18 bits per heavy atom. The molecule has 0 radical (unpaired) electrons. The molecule has 2 N–H and O–H groups in total. The molecule has 0 spiro atoms. The number of aliphatic hydroxyl groups excluding tert-OH is 1. The predicted molar refractivity (Wildman–Crippen MR) is 64.9 cm³/mol. The van der Waals surface area contributed by atoms with Crippen LogP contribution in [0.2, 0.25) is 0 Å².